The number of morpholine rings is 1. The first-order chi connectivity index (χ1) is 8.85. The second-order valence-corrected chi connectivity index (χ2v) is 4.12. The molecule has 0 bridgehead atoms. The molecule has 1 aliphatic heterocycles. The molecule has 5 nitrogen and oxygen atoms in total. The average molecular weight is 252 g/mol. The number of hydrogen-bond acceptors (Lipinski definition) is 5. The molecular formula is C13H20N2O3. The summed E-state index contributed by atoms with van der Waals surface area (Å²) in [6.07, 6.45) is 0. The summed E-state index contributed by atoms with van der Waals surface area (Å²) in [5, 5.41) is 0. The van der Waals surface area contributed by atoms with Crippen molar-refractivity contribution in [3.8, 4) is 5.75 Å². The molecule has 0 aliphatic carbocycles. The fraction of sp³-hybridized carbons (Fsp3) is 0.538. The Kier molecular flexibility index (Phi) is 4.81. The van der Waals surface area contributed by atoms with Crippen LogP contribution in [0.15, 0.2) is 18.2 Å². The zero-order valence-electron chi connectivity index (χ0n) is 10.9. The number of hydroxylamine groups is 1. The Morgan fingerprint density at radius 2 is 2.06 bits per heavy atom. The van der Waals surface area contributed by atoms with Gasteiger partial charge < -0.3 is 19.2 Å². The quantitative estimate of drug-likeness (QED) is 0.797. The van der Waals surface area contributed by atoms with E-state index >= 15 is 0 Å². The molecule has 1 aromatic rings. The lowest BCUT2D eigenvalue weighted by Gasteiger charge is -2.29. The number of methoxy groups -OCH3 is 1. The molecule has 0 radical (unpaired) electrons. The van der Waals surface area contributed by atoms with Gasteiger partial charge in [0.05, 0.1) is 27.4 Å². The molecule has 0 spiro atoms. The van der Waals surface area contributed by atoms with E-state index in [9.17, 15) is 0 Å². The highest BCUT2D eigenvalue weighted by Gasteiger charge is 2.13. The Hall–Kier alpha value is -1.30. The van der Waals surface area contributed by atoms with Crippen LogP contribution in [-0.2, 0) is 16.1 Å². The van der Waals surface area contributed by atoms with Gasteiger partial charge in [-0.1, -0.05) is 0 Å². The van der Waals surface area contributed by atoms with E-state index in [1.165, 1.54) is 5.69 Å². The zero-order valence-corrected chi connectivity index (χ0v) is 10.9. The summed E-state index contributed by atoms with van der Waals surface area (Å²) in [6, 6.07) is 6.22. The Bertz CT molecular complexity index is 378. The van der Waals surface area contributed by atoms with Crippen molar-refractivity contribution in [1.29, 1.82) is 0 Å². The van der Waals surface area contributed by atoms with E-state index in [1.807, 2.05) is 6.07 Å². The van der Waals surface area contributed by atoms with E-state index < -0.39 is 0 Å². The fourth-order valence-corrected chi connectivity index (χ4v) is 2.07. The summed E-state index contributed by atoms with van der Waals surface area (Å²) in [6.45, 7) is 4.07. The molecule has 100 valence electrons. The van der Waals surface area contributed by atoms with Gasteiger partial charge in [-0.15, -0.1) is 0 Å². The first kappa shape index (κ1) is 13.1. The van der Waals surface area contributed by atoms with Gasteiger partial charge in [0.1, 0.15) is 5.75 Å². The van der Waals surface area contributed by atoms with E-state index in [4.69, 9.17) is 14.3 Å². The van der Waals surface area contributed by atoms with E-state index in [-0.39, 0.29) is 0 Å². The predicted octanol–water partition coefficient (Wildman–Crippen LogP) is 1.18. The van der Waals surface area contributed by atoms with Crippen molar-refractivity contribution in [2.45, 2.75) is 6.54 Å². The summed E-state index contributed by atoms with van der Waals surface area (Å²) in [5.41, 5.74) is 5.13. The Morgan fingerprint density at radius 1 is 1.28 bits per heavy atom. The zero-order chi connectivity index (χ0) is 12.8. The van der Waals surface area contributed by atoms with Crippen molar-refractivity contribution in [1.82, 2.24) is 5.48 Å². The monoisotopic (exact) mass is 252 g/mol. The minimum Gasteiger partial charge on any atom is -0.496 e. The fourth-order valence-electron chi connectivity index (χ4n) is 2.07. The van der Waals surface area contributed by atoms with Crippen LogP contribution in [0.4, 0.5) is 5.69 Å². The van der Waals surface area contributed by atoms with Crippen molar-refractivity contribution in [2.75, 3.05) is 45.4 Å². The van der Waals surface area contributed by atoms with Gasteiger partial charge in [-0.3, -0.25) is 0 Å². The molecule has 1 aromatic carbocycles. The molecule has 0 saturated carbocycles. The maximum Gasteiger partial charge on any atom is 0.123 e. The summed E-state index contributed by atoms with van der Waals surface area (Å²) in [4.78, 5) is 7.21. The smallest absolute Gasteiger partial charge is 0.123 e. The molecule has 1 N–H and O–H groups in total. The van der Waals surface area contributed by atoms with E-state index in [0.717, 1.165) is 37.6 Å². The third kappa shape index (κ3) is 3.13. The normalized spacial score (nSPS) is 15.8. The molecule has 1 saturated heterocycles. The van der Waals surface area contributed by atoms with Crippen molar-refractivity contribution in [3.63, 3.8) is 0 Å². The number of rotatable bonds is 5. The van der Waals surface area contributed by atoms with E-state index in [0.29, 0.717) is 6.54 Å². The van der Waals surface area contributed by atoms with Crippen LogP contribution in [0.1, 0.15) is 5.56 Å². The number of ether oxygens (including phenoxy) is 2. The standard InChI is InChI=1S/C13H20N2O3/c1-16-13-4-3-12(9-11(13)10-14-17-2)15-5-7-18-8-6-15/h3-4,9,14H,5-8,10H2,1-2H3. The largest absolute Gasteiger partial charge is 0.496 e. The highest BCUT2D eigenvalue weighted by molar-refractivity contribution is 5.53. The molecule has 1 fully saturated rings. The number of benzene rings is 1. The van der Waals surface area contributed by atoms with Gasteiger partial charge in [0.25, 0.3) is 0 Å². The van der Waals surface area contributed by atoms with Crippen LogP contribution in [0.2, 0.25) is 0 Å². The van der Waals surface area contributed by atoms with Gasteiger partial charge in [-0.2, -0.15) is 5.48 Å². The number of anilines is 1. The highest BCUT2D eigenvalue weighted by atomic mass is 16.6. The minimum absolute atomic E-state index is 0.623. The lowest BCUT2D eigenvalue weighted by molar-refractivity contribution is 0.0861. The number of nitrogens with zero attached hydrogens (tertiary/aromatic N) is 1. The van der Waals surface area contributed by atoms with Crippen LogP contribution >= 0.6 is 0 Å². The predicted molar refractivity (Wildman–Crippen MR) is 69.9 cm³/mol. The van der Waals surface area contributed by atoms with Crippen molar-refractivity contribution in [2.24, 2.45) is 0 Å². The molecule has 1 aliphatic rings. The highest BCUT2D eigenvalue weighted by Crippen LogP contribution is 2.25. The summed E-state index contributed by atoms with van der Waals surface area (Å²) >= 11 is 0. The van der Waals surface area contributed by atoms with Crippen LogP contribution in [-0.4, -0.2) is 40.5 Å². The third-order valence-corrected chi connectivity index (χ3v) is 3.05. The Balaban J connectivity index is 2.15. The van der Waals surface area contributed by atoms with Crippen LogP contribution in [0.3, 0.4) is 0 Å². The lowest BCUT2D eigenvalue weighted by atomic mass is 10.1. The molecule has 1 heterocycles. The number of nitrogens with one attached hydrogen (secondary N) is 1. The molecule has 5 heteroatoms. The first-order valence-electron chi connectivity index (χ1n) is 6.10. The van der Waals surface area contributed by atoms with Gasteiger partial charge >= 0.3 is 0 Å². The molecule has 0 atom stereocenters. The minimum atomic E-state index is 0.623. The number of hydrogen-bond donors (Lipinski definition) is 1. The second kappa shape index (κ2) is 6.58. The van der Waals surface area contributed by atoms with Gasteiger partial charge in [0.2, 0.25) is 0 Å². The van der Waals surface area contributed by atoms with Crippen molar-refractivity contribution in [3.05, 3.63) is 23.8 Å². The molecule has 0 unspecified atom stereocenters. The van der Waals surface area contributed by atoms with E-state index in [2.05, 4.69) is 22.5 Å². The summed E-state index contributed by atoms with van der Waals surface area (Å²) in [5.74, 6) is 0.872. The van der Waals surface area contributed by atoms with Crippen LogP contribution in [0.5, 0.6) is 5.75 Å². The summed E-state index contributed by atoms with van der Waals surface area (Å²) < 4.78 is 10.7. The van der Waals surface area contributed by atoms with E-state index in [1.54, 1.807) is 14.2 Å². The topological polar surface area (TPSA) is 43.0 Å². The van der Waals surface area contributed by atoms with Crippen molar-refractivity contribution < 1.29 is 14.3 Å². The second-order valence-electron chi connectivity index (χ2n) is 4.12. The van der Waals surface area contributed by atoms with Crippen LogP contribution in [0, 0.1) is 0 Å². The van der Waals surface area contributed by atoms with Gasteiger partial charge in [-0.05, 0) is 18.2 Å². The lowest BCUT2D eigenvalue weighted by Crippen LogP contribution is -2.36. The first-order valence-corrected chi connectivity index (χ1v) is 6.10. The molecular weight excluding hydrogens is 232 g/mol. The average Bonchev–Trinajstić information content (AvgIpc) is 2.45. The molecule has 0 aromatic heterocycles. The van der Waals surface area contributed by atoms with Gasteiger partial charge in [0, 0.05) is 30.9 Å². The molecule has 18 heavy (non-hydrogen) atoms. The van der Waals surface area contributed by atoms with Gasteiger partial charge in [-0.25, -0.2) is 0 Å². The Morgan fingerprint density at radius 3 is 2.72 bits per heavy atom. The van der Waals surface area contributed by atoms with Crippen LogP contribution < -0.4 is 15.1 Å². The molecule has 0 amide bonds. The van der Waals surface area contributed by atoms with Gasteiger partial charge in [0.15, 0.2) is 0 Å². The third-order valence-electron chi connectivity index (χ3n) is 3.05. The molecule has 2 rings (SSSR count). The van der Waals surface area contributed by atoms with Crippen molar-refractivity contribution >= 4 is 5.69 Å². The maximum atomic E-state index is 5.36. The van der Waals surface area contributed by atoms with Crippen LogP contribution in [0.25, 0.3) is 0 Å². The Labute approximate surface area is 108 Å². The summed E-state index contributed by atoms with van der Waals surface area (Å²) in [7, 11) is 3.29. The SMILES string of the molecule is CONCc1cc(N2CCOCC2)ccc1OC. The maximum absolute atomic E-state index is 5.36.